The first-order valence-electron chi connectivity index (χ1n) is 4.72. The number of aldehydes is 1. The Balaban J connectivity index is 2.57. The minimum Gasteiger partial charge on any atom is -0.383 e. The zero-order chi connectivity index (χ0) is 12.4. The van der Waals surface area contributed by atoms with Gasteiger partial charge in [0.2, 0.25) is 0 Å². The van der Waals surface area contributed by atoms with Crippen LogP contribution in [0.25, 0.3) is 5.69 Å². The van der Waals surface area contributed by atoms with Gasteiger partial charge in [-0.2, -0.15) is 4.98 Å². The van der Waals surface area contributed by atoms with Crippen LogP contribution in [0.5, 0.6) is 0 Å². The van der Waals surface area contributed by atoms with E-state index in [0.29, 0.717) is 6.29 Å². The second-order valence-corrected chi connectivity index (χ2v) is 3.33. The van der Waals surface area contributed by atoms with Crippen molar-refractivity contribution >= 4 is 12.1 Å². The molecule has 1 aromatic heterocycles. The van der Waals surface area contributed by atoms with Crippen LogP contribution in [-0.2, 0) is 0 Å². The molecule has 1 aromatic carbocycles. The molecule has 6 heteroatoms. The smallest absolute Gasteiger partial charge is 0.354 e. The van der Waals surface area contributed by atoms with Gasteiger partial charge in [0, 0.05) is 6.20 Å². The van der Waals surface area contributed by atoms with Crippen LogP contribution < -0.4 is 11.4 Å². The van der Waals surface area contributed by atoms with Crippen LogP contribution >= 0.6 is 0 Å². The van der Waals surface area contributed by atoms with Gasteiger partial charge in [-0.25, -0.2) is 9.18 Å². The predicted octanol–water partition coefficient (Wildman–Crippen LogP) is 0.766. The maximum absolute atomic E-state index is 13.4. The summed E-state index contributed by atoms with van der Waals surface area (Å²) in [4.78, 5) is 25.5. The summed E-state index contributed by atoms with van der Waals surface area (Å²) in [7, 11) is 0. The summed E-state index contributed by atoms with van der Waals surface area (Å²) in [5.41, 5.74) is 4.95. The number of hydrogen-bond acceptors (Lipinski definition) is 4. The van der Waals surface area contributed by atoms with Gasteiger partial charge >= 0.3 is 5.69 Å². The SMILES string of the molecule is Nc1ccn(-c2ccc(C=O)c(F)c2)c(=O)n1. The van der Waals surface area contributed by atoms with Crippen LogP contribution in [0, 0.1) is 5.82 Å². The van der Waals surface area contributed by atoms with E-state index in [-0.39, 0.29) is 17.1 Å². The highest BCUT2D eigenvalue weighted by Gasteiger charge is 2.05. The monoisotopic (exact) mass is 233 g/mol. The van der Waals surface area contributed by atoms with Crippen molar-refractivity contribution < 1.29 is 9.18 Å². The van der Waals surface area contributed by atoms with Crippen molar-refractivity contribution in [1.29, 1.82) is 0 Å². The molecule has 86 valence electrons. The summed E-state index contributed by atoms with van der Waals surface area (Å²) in [6.07, 6.45) is 1.79. The van der Waals surface area contributed by atoms with Gasteiger partial charge in [0.1, 0.15) is 11.6 Å². The van der Waals surface area contributed by atoms with E-state index in [2.05, 4.69) is 4.98 Å². The summed E-state index contributed by atoms with van der Waals surface area (Å²) in [6, 6.07) is 5.25. The molecule has 2 N–H and O–H groups in total. The van der Waals surface area contributed by atoms with Crippen molar-refractivity contribution in [2.75, 3.05) is 5.73 Å². The van der Waals surface area contributed by atoms with Gasteiger partial charge in [0.25, 0.3) is 0 Å². The Kier molecular flexibility index (Phi) is 2.70. The molecule has 5 nitrogen and oxygen atoms in total. The molecule has 0 aliphatic rings. The molecule has 0 radical (unpaired) electrons. The van der Waals surface area contributed by atoms with Crippen molar-refractivity contribution in [3.63, 3.8) is 0 Å². The molecule has 0 atom stereocenters. The van der Waals surface area contributed by atoms with Gasteiger partial charge in [-0.1, -0.05) is 0 Å². The van der Waals surface area contributed by atoms with E-state index in [1.165, 1.54) is 24.4 Å². The normalized spacial score (nSPS) is 10.2. The van der Waals surface area contributed by atoms with Gasteiger partial charge in [-0.15, -0.1) is 0 Å². The van der Waals surface area contributed by atoms with E-state index in [0.717, 1.165) is 10.6 Å². The Morgan fingerprint density at radius 3 is 2.71 bits per heavy atom. The number of carbonyl (C=O) groups is 1. The quantitative estimate of drug-likeness (QED) is 0.777. The minimum atomic E-state index is -0.693. The Hall–Kier alpha value is -2.50. The lowest BCUT2D eigenvalue weighted by atomic mass is 10.2. The van der Waals surface area contributed by atoms with Crippen molar-refractivity contribution in [3.05, 3.63) is 52.3 Å². The summed E-state index contributed by atoms with van der Waals surface area (Å²) in [5, 5.41) is 0. The standard InChI is InChI=1S/C11H8FN3O2/c12-9-5-8(2-1-7(9)6-16)15-4-3-10(13)14-11(15)17/h1-6H,(H2,13,14,17). The van der Waals surface area contributed by atoms with Crippen molar-refractivity contribution in [2.24, 2.45) is 0 Å². The van der Waals surface area contributed by atoms with Crippen LogP contribution in [0.1, 0.15) is 10.4 Å². The highest BCUT2D eigenvalue weighted by Crippen LogP contribution is 2.11. The van der Waals surface area contributed by atoms with E-state index in [1.807, 2.05) is 0 Å². The molecule has 0 fully saturated rings. The first-order chi connectivity index (χ1) is 8.11. The second kappa shape index (κ2) is 4.17. The first kappa shape index (κ1) is 11.0. The minimum absolute atomic E-state index is 0.0646. The maximum Gasteiger partial charge on any atom is 0.354 e. The highest BCUT2D eigenvalue weighted by molar-refractivity contribution is 5.75. The van der Waals surface area contributed by atoms with Crippen LogP contribution in [0.2, 0.25) is 0 Å². The largest absolute Gasteiger partial charge is 0.383 e. The molecule has 0 aliphatic carbocycles. The van der Waals surface area contributed by atoms with Gasteiger partial charge in [0.15, 0.2) is 6.29 Å². The third-order valence-corrected chi connectivity index (χ3v) is 2.21. The van der Waals surface area contributed by atoms with Crippen LogP contribution in [-0.4, -0.2) is 15.8 Å². The van der Waals surface area contributed by atoms with Gasteiger partial charge in [0.05, 0.1) is 11.3 Å². The van der Waals surface area contributed by atoms with Crippen LogP contribution in [0.4, 0.5) is 10.2 Å². The lowest BCUT2D eigenvalue weighted by Gasteiger charge is -2.05. The molecule has 17 heavy (non-hydrogen) atoms. The number of hydrogen-bond donors (Lipinski definition) is 1. The molecular weight excluding hydrogens is 225 g/mol. The first-order valence-corrected chi connectivity index (χ1v) is 4.72. The van der Waals surface area contributed by atoms with Gasteiger partial charge in [-0.3, -0.25) is 9.36 Å². The lowest BCUT2D eigenvalue weighted by molar-refractivity contribution is 0.112. The fourth-order valence-electron chi connectivity index (χ4n) is 1.37. The van der Waals surface area contributed by atoms with Crippen LogP contribution in [0.3, 0.4) is 0 Å². The van der Waals surface area contributed by atoms with Gasteiger partial charge in [-0.05, 0) is 24.3 Å². The molecule has 0 spiro atoms. The average Bonchev–Trinajstić information content (AvgIpc) is 2.29. The number of nitrogens with two attached hydrogens (primary N) is 1. The number of rotatable bonds is 2. The fraction of sp³-hybridized carbons (Fsp3) is 0. The molecule has 0 amide bonds. The van der Waals surface area contributed by atoms with Gasteiger partial charge < -0.3 is 5.73 Å². The number of nitrogen functional groups attached to an aromatic ring is 1. The third kappa shape index (κ3) is 2.05. The van der Waals surface area contributed by atoms with E-state index in [9.17, 15) is 14.0 Å². The Labute approximate surface area is 95.3 Å². The molecule has 0 saturated heterocycles. The summed E-state index contributed by atoms with van der Waals surface area (Å²) in [6.45, 7) is 0. The van der Waals surface area contributed by atoms with Crippen molar-refractivity contribution in [2.45, 2.75) is 0 Å². The molecular formula is C11H8FN3O2. The van der Waals surface area contributed by atoms with E-state index in [4.69, 9.17) is 5.73 Å². The molecule has 2 rings (SSSR count). The zero-order valence-corrected chi connectivity index (χ0v) is 8.63. The molecule has 0 unspecified atom stereocenters. The Morgan fingerprint density at radius 1 is 1.35 bits per heavy atom. The summed E-state index contributed by atoms with van der Waals surface area (Å²) < 4.78 is 14.5. The third-order valence-electron chi connectivity index (χ3n) is 2.21. The van der Waals surface area contributed by atoms with Crippen molar-refractivity contribution in [3.8, 4) is 5.69 Å². The molecule has 0 aliphatic heterocycles. The lowest BCUT2D eigenvalue weighted by Crippen LogP contribution is -2.21. The molecule has 0 saturated carbocycles. The van der Waals surface area contributed by atoms with E-state index < -0.39 is 11.5 Å². The highest BCUT2D eigenvalue weighted by atomic mass is 19.1. The second-order valence-electron chi connectivity index (χ2n) is 3.33. The van der Waals surface area contributed by atoms with Crippen LogP contribution in [0.15, 0.2) is 35.3 Å². The fourth-order valence-corrected chi connectivity index (χ4v) is 1.37. The number of aromatic nitrogens is 2. The molecule has 2 aromatic rings. The number of nitrogens with zero attached hydrogens (tertiary/aromatic N) is 2. The van der Waals surface area contributed by atoms with E-state index in [1.54, 1.807) is 0 Å². The average molecular weight is 233 g/mol. The molecule has 0 bridgehead atoms. The topological polar surface area (TPSA) is 78.0 Å². The number of halogens is 1. The predicted molar refractivity (Wildman–Crippen MR) is 59.6 cm³/mol. The number of anilines is 1. The Bertz CT molecular complexity index is 637. The number of benzene rings is 1. The Morgan fingerprint density at radius 2 is 2.12 bits per heavy atom. The zero-order valence-electron chi connectivity index (χ0n) is 8.63. The van der Waals surface area contributed by atoms with E-state index >= 15 is 0 Å². The summed E-state index contributed by atoms with van der Waals surface area (Å²) in [5.74, 6) is -0.600. The number of carbonyl (C=O) groups excluding carboxylic acids is 1. The maximum atomic E-state index is 13.4. The molecule has 1 heterocycles. The van der Waals surface area contributed by atoms with Crippen molar-refractivity contribution in [1.82, 2.24) is 9.55 Å². The summed E-state index contributed by atoms with van der Waals surface area (Å²) >= 11 is 0.